The molecule has 0 saturated carbocycles. The number of amides is 2. The predicted octanol–water partition coefficient (Wildman–Crippen LogP) is 2.21. The monoisotopic (exact) mass is 460 g/mol. The third-order valence-corrected chi connectivity index (χ3v) is 6.24. The van der Waals surface area contributed by atoms with E-state index in [1.54, 1.807) is 11.7 Å². The Bertz CT molecular complexity index is 1060. The molecule has 0 bridgehead atoms. The summed E-state index contributed by atoms with van der Waals surface area (Å²) in [5.74, 6) is 0.502. The summed E-state index contributed by atoms with van der Waals surface area (Å²) in [6, 6.07) is -1.56. The molecule has 33 heavy (non-hydrogen) atoms. The van der Waals surface area contributed by atoms with Gasteiger partial charge in [-0.3, -0.25) is 9.36 Å². The van der Waals surface area contributed by atoms with E-state index in [9.17, 15) is 14.4 Å². The molecular formula is C25H40N4O4. The van der Waals surface area contributed by atoms with Crippen LogP contribution in [0.3, 0.4) is 0 Å². The molecule has 8 heteroatoms. The number of aromatic nitrogens is 2. The lowest BCUT2D eigenvalue weighted by Crippen LogP contribution is -2.55. The van der Waals surface area contributed by atoms with Gasteiger partial charge in [0.1, 0.15) is 6.04 Å². The first-order valence-corrected chi connectivity index (χ1v) is 11.9. The van der Waals surface area contributed by atoms with Crippen LogP contribution in [0.4, 0.5) is 4.79 Å². The van der Waals surface area contributed by atoms with Gasteiger partial charge in [0, 0.05) is 13.0 Å². The van der Waals surface area contributed by atoms with Crippen LogP contribution < -0.4 is 27.4 Å². The Labute approximate surface area is 196 Å². The SMILES string of the molecule is CCCCC(CC)Cn1c2/c(n(C(=O)N[C@H](C(N)=O)C(C)(C)C)c1=O)=C\C/C=C(/OC)CC=2. The fraction of sp³-hybridized carbons (Fsp3) is 0.640. The van der Waals surface area contributed by atoms with E-state index in [0.29, 0.717) is 36.0 Å². The number of carbonyl (C=O) groups excluding carboxylic acids is 2. The Kier molecular flexibility index (Phi) is 9.14. The zero-order valence-electron chi connectivity index (χ0n) is 20.9. The van der Waals surface area contributed by atoms with Crippen LogP contribution in [0, 0.1) is 11.3 Å². The van der Waals surface area contributed by atoms with Gasteiger partial charge < -0.3 is 15.8 Å². The number of allylic oxidation sites excluding steroid dienone is 2. The van der Waals surface area contributed by atoms with Gasteiger partial charge in [0.25, 0.3) is 0 Å². The summed E-state index contributed by atoms with van der Waals surface area (Å²) < 4.78 is 8.27. The number of fused-ring (bicyclic) bond motifs is 1. The Morgan fingerprint density at radius 2 is 1.88 bits per heavy atom. The first kappa shape index (κ1) is 26.5. The van der Waals surface area contributed by atoms with Crippen LogP contribution in [-0.4, -0.2) is 34.2 Å². The quantitative estimate of drug-likeness (QED) is 0.589. The second kappa shape index (κ2) is 11.4. The summed E-state index contributed by atoms with van der Waals surface area (Å²) in [7, 11) is 1.63. The molecule has 0 spiro atoms. The number of primary amides is 1. The van der Waals surface area contributed by atoms with Crippen LogP contribution in [0.25, 0.3) is 12.2 Å². The predicted molar refractivity (Wildman–Crippen MR) is 131 cm³/mol. The zero-order valence-corrected chi connectivity index (χ0v) is 20.9. The van der Waals surface area contributed by atoms with Crippen molar-refractivity contribution in [2.45, 2.75) is 85.7 Å². The Balaban J connectivity index is 2.63. The second-order valence-electron chi connectivity index (χ2n) is 9.79. The molecule has 1 aliphatic rings. The number of methoxy groups -OCH3 is 1. The van der Waals surface area contributed by atoms with Crippen molar-refractivity contribution in [2.24, 2.45) is 17.1 Å². The van der Waals surface area contributed by atoms with Gasteiger partial charge in [-0.1, -0.05) is 66.0 Å². The van der Waals surface area contributed by atoms with Crippen molar-refractivity contribution in [3.8, 4) is 0 Å². The minimum atomic E-state index is -0.915. The molecule has 1 aromatic heterocycles. The highest BCUT2D eigenvalue weighted by Gasteiger charge is 2.32. The number of nitrogens with two attached hydrogens (primary N) is 1. The van der Waals surface area contributed by atoms with Crippen molar-refractivity contribution in [1.82, 2.24) is 14.5 Å². The number of unbranched alkanes of at least 4 members (excludes halogenated alkanes) is 1. The van der Waals surface area contributed by atoms with E-state index < -0.39 is 29.1 Å². The number of rotatable bonds is 9. The largest absolute Gasteiger partial charge is 0.501 e. The van der Waals surface area contributed by atoms with Crippen molar-refractivity contribution < 1.29 is 14.3 Å². The molecule has 3 N–H and O–H groups in total. The summed E-state index contributed by atoms with van der Waals surface area (Å²) in [6.07, 6.45) is 10.9. The Morgan fingerprint density at radius 3 is 2.42 bits per heavy atom. The number of nitrogens with one attached hydrogen (secondary N) is 1. The number of carbonyl (C=O) groups is 2. The minimum absolute atomic E-state index is 0.329. The van der Waals surface area contributed by atoms with Gasteiger partial charge in [0.05, 0.1) is 23.6 Å². The molecule has 1 heterocycles. The van der Waals surface area contributed by atoms with Crippen LogP contribution in [0.2, 0.25) is 0 Å². The summed E-state index contributed by atoms with van der Waals surface area (Å²) in [6.45, 7) is 10.3. The molecule has 0 saturated heterocycles. The molecule has 8 nitrogen and oxygen atoms in total. The lowest BCUT2D eigenvalue weighted by atomic mass is 9.86. The van der Waals surface area contributed by atoms with E-state index in [1.165, 1.54) is 0 Å². The van der Waals surface area contributed by atoms with Crippen molar-refractivity contribution in [3.05, 3.63) is 33.0 Å². The summed E-state index contributed by atoms with van der Waals surface area (Å²) in [5.41, 5.74) is 4.55. The lowest BCUT2D eigenvalue weighted by Gasteiger charge is -2.28. The zero-order chi connectivity index (χ0) is 24.8. The van der Waals surface area contributed by atoms with Gasteiger partial charge >= 0.3 is 11.7 Å². The number of nitrogens with zero attached hydrogens (tertiary/aromatic N) is 2. The third-order valence-electron chi connectivity index (χ3n) is 6.24. The van der Waals surface area contributed by atoms with Crippen molar-refractivity contribution >= 4 is 24.1 Å². The summed E-state index contributed by atoms with van der Waals surface area (Å²) >= 11 is 0. The molecule has 2 amide bonds. The average molecular weight is 461 g/mol. The van der Waals surface area contributed by atoms with Gasteiger partial charge in [0.2, 0.25) is 5.91 Å². The number of imidazole rings is 1. The molecule has 2 atom stereocenters. The van der Waals surface area contributed by atoms with Gasteiger partial charge in [0.15, 0.2) is 0 Å². The van der Waals surface area contributed by atoms with Gasteiger partial charge in [-0.25, -0.2) is 14.2 Å². The Morgan fingerprint density at radius 1 is 1.18 bits per heavy atom. The van der Waals surface area contributed by atoms with Crippen molar-refractivity contribution in [2.75, 3.05) is 7.11 Å². The molecule has 1 unspecified atom stereocenters. The molecule has 1 aliphatic carbocycles. The first-order chi connectivity index (χ1) is 15.5. The number of hydrogen-bond donors (Lipinski definition) is 2. The summed E-state index contributed by atoms with van der Waals surface area (Å²) in [5, 5.41) is 3.94. The minimum Gasteiger partial charge on any atom is -0.501 e. The van der Waals surface area contributed by atoms with Crippen molar-refractivity contribution in [3.63, 3.8) is 0 Å². The second-order valence-corrected chi connectivity index (χ2v) is 9.79. The molecule has 0 aliphatic heterocycles. The fourth-order valence-corrected chi connectivity index (χ4v) is 4.19. The van der Waals surface area contributed by atoms with Crippen LogP contribution in [0.5, 0.6) is 0 Å². The maximum atomic E-state index is 13.6. The van der Waals surface area contributed by atoms with Gasteiger partial charge in [-0.15, -0.1) is 0 Å². The number of hydrogen-bond acceptors (Lipinski definition) is 4. The normalized spacial score (nSPS) is 18.2. The molecule has 0 aromatic carbocycles. The summed E-state index contributed by atoms with van der Waals surface area (Å²) in [4.78, 5) is 38.9. The maximum Gasteiger partial charge on any atom is 0.337 e. The van der Waals surface area contributed by atoms with Crippen LogP contribution >= 0.6 is 0 Å². The standard InChI is InChI=1S/C25H40N4O4/c1-7-9-11-17(8-2)16-28-19-15-14-18(33-6)12-10-13-20(19)29(24(28)32)23(31)27-21(22(26)30)25(3,4)5/h12-13,15,17,21H,7-11,14,16H2,1-6H3,(H2,26,30)(H,27,31)/b18-12+,19-15?,20-13+/t17?,21-/m1/s1. The molecular weight excluding hydrogens is 420 g/mol. The average Bonchev–Trinajstić information content (AvgIpc) is 2.98. The molecule has 1 aromatic rings. The molecule has 0 radical (unpaired) electrons. The Hall–Kier alpha value is -2.77. The smallest absolute Gasteiger partial charge is 0.337 e. The van der Waals surface area contributed by atoms with Gasteiger partial charge in [-0.05, 0) is 30.3 Å². The van der Waals surface area contributed by atoms with E-state index in [0.717, 1.165) is 36.0 Å². The van der Waals surface area contributed by atoms with Crippen LogP contribution in [-0.2, 0) is 16.1 Å². The van der Waals surface area contributed by atoms with Gasteiger partial charge in [-0.2, -0.15) is 0 Å². The topological polar surface area (TPSA) is 108 Å². The van der Waals surface area contributed by atoms with E-state index >= 15 is 0 Å². The van der Waals surface area contributed by atoms with Crippen molar-refractivity contribution in [1.29, 1.82) is 0 Å². The number of ether oxygens (including phenoxy) is 1. The van der Waals surface area contributed by atoms with E-state index in [2.05, 4.69) is 19.2 Å². The molecule has 2 rings (SSSR count). The van der Waals surface area contributed by atoms with Crippen LogP contribution in [0.15, 0.2) is 16.6 Å². The van der Waals surface area contributed by atoms with Crippen LogP contribution in [0.1, 0.15) is 73.1 Å². The highest BCUT2D eigenvalue weighted by Crippen LogP contribution is 2.19. The van der Waals surface area contributed by atoms with E-state index in [4.69, 9.17) is 10.5 Å². The lowest BCUT2D eigenvalue weighted by molar-refractivity contribution is -0.122. The highest BCUT2D eigenvalue weighted by atomic mass is 16.5. The van der Waals surface area contributed by atoms with E-state index in [-0.39, 0.29) is 0 Å². The third kappa shape index (κ3) is 6.39. The molecule has 0 fully saturated rings. The first-order valence-electron chi connectivity index (χ1n) is 11.9. The highest BCUT2D eigenvalue weighted by molar-refractivity contribution is 5.87. The van der Waals surface area contributed by atoms with E-state index in [1.807, 2.05) is 39.0 Å². The maximum absolute atomic E-state index is 13.6. The fourth-order valence-electron chi connectivity index (χ4n) is 4.19. The molecule has 184 valence electrons.